The molecule has 2 heterocycles. The Morgan fingerprint density at radius 1 is 0.429 bits per heavy atom. The number of benzene rings is 5. The SMILES string of the molecule is Cc1ccc(CC#Cc2c3nc4ccccc4nc3c(C#CCc3ccc(C)cc3)c3nc4ccccc4nc23)cc1. The van der Waals surface area contributed by atoms with Gasteiger partial charge in [0, 0.05) is 12.8 Å². The van der Waals surface area contributed by atoms with Gasteiger partial charge in [0.1, 0.15) is 22.1 Å². The van der Waals surface area contributed by atoms with Crippen LogP contribution in [0.1, 0.15) is 33.4 Å². The van der Waals surface area contributed by atoms with Gasteiger partial charge in [0.05, 0.1) is 33.2 Å². The Hall–Kier alpha value is -5.58. The number of hydrogen-bond acceptors (Lipinski definition) is 4. The molecule has 0 atom stereocenters. The van der Waals surface area contributed by atoms with Gasteiger partial charge in [-0.05, 0) is 49.2 Å². The Labute approximate surface area is 244 Å². The maximum Gasteiger partial charge on any atom is 0.109 e. The molecule has 2 aromatic heterocycles. The van der Waals surface area contributed by atoms with Crippen LogP contribution in [-0.4, -0.2) is 19.9 Å². The molecule has 0 aliphatic rings. The second-order valence-electron chi connectivity index (χ2n) is 10.5. The first-order chi connectivity index (χ1) is 20.6. The lowest BCUT2D eigenvalue weighted by Crippen LogP contribution is -2.00. The topological polar surface area (TPSA) is 51.6 Å². The van der Waals surface area contributed by atoms with Crippen molar-refractivity contribution < 1.29 is 0 Å². The number of fused-ring (bicyclic) bond motifs is 4. The zero-order chi connectivity index (χ0) is 28.5. The van der Waals surface area contributed by atoms with Crippen LogP contribution < -0.4 is 0 Å². The predicted octanol–water partition coefficient (Wildman–Crippen LogP) is 7.68. The average Bonchev–Trinajstić information content (AvgIpc) is 3.02. The van der Waals surface area contributed by atoms with Crippen LogP contribution in [0, 0.1) is 37.5 Å². The highest BCUT2D eigenvalue weighted by Gasteiger charge is 2.19. The number of hydrogen-bond donors (Lipinski definition) is 0. The van der Waals surface area contributed by atoms with Crippen molar-refractivity contribution in [1.82, 2.24) is 19.9 Å². The minimum atomic E-state index is 0.614. The second kappa shape index (κ2) is 10.8. The average molecular weight is 539 g/mol. The van der Waals surface area contributed by atoms with Crippen LogP contribution in [0.25, 0.3) is 44.1 Å². The van der Waals surface area contributed by atoms with Gasteiger partial charge in [0.2, 0.25) is 0 Å². The zero-order valence-electron chi connectivity index (χ0n) is 23.4. The molecule has 0 amide bonds. The molecule has 0 saturated heterocycles. The molecule has 7 aromatic rings. The van der Waals surface area contributed by atoms with Gasteiger partial charge in [-0.25, -0.2) is 19.9 Å². The van der Waals surface area contributed by atoms with Crippen LogP contribution in [0.4, 0.5) is 0 Å². The maximum atomic E-state index is 5.08. The Kier molecular flexibility index (Phi) is 6.51. The highest BCUT2D eigenvalue weighted by atomic mass is 14.9. The number of para-hydroxylation sites is 4. The molecular weight excluding hydrogens is 512 g/mol. The van der Waals surface area contributed by atoms with Gasteiger partial charge >= 0.3 is 0 Å². The summed E-state index contributed by atoms with van der Waals surface area (Å²) in [6, 6.07) is 32.7. The molecule has 198 valence electrons. The summed E-state index contributed by atoms with van der Waals surface area (Å²) in [5.74, 6) is 13.6. The normalized spacial score (nSPS) is 10.9. The fourth-order valence-corrected chi connectivity index (χ4v) is 5.04. The van der Waals surface area contributed by atoms with Crippen molar-refractivity contribution in [1.29, 1.82) is 0 Å². The highest BCUT2D eigenvalue weighted by molar-refractivity contribution is 6.07. The van der Waals surface area contributed by atoms with Crippen LogP contribution in [0.2, 0.25) is 0 Å². The number of nitrogens with zero attached hydrogens (tertiary/aromatic N) is 4. The van der Waals surface area contributed by atoms with E-state index < -0.39 is 0 Å². The Morgan fingerprint density at radius 2 is 0.738 bits per heavy atom. The van der Waals surface area contributed by atoms with Crippen molar-refractivity contribution in [3.05, 3.63) is 130 Å². The molecule has 0 aliphatic carbocycles. The minimum Gasteiger partial charge on any atom is -0.243 e. The lowest BCUT2D eigenvalue weighted by Gasteiger charge is -2.10. The van der Waals surface area contributed by atoms with Crippen LogP contribution in [0.3, 0.4) is 0 Å². The first-order valence-corrected chi connectivity index (χ1v) is 14.0. The van der Waals surface area contributed by atoms with Gasteiger partial charge in [-0.15, -0.1) is 0 Å². The van der Waals surface area contributed by atoms with E-state index in [9.17, 15) is 0 Å². The molecule has 5 aromatic carbocycles. The molecule has 4 heteroatoms. The van der Waals surface area contributed by atoms with Crippen molar-refractivity contribution in [2.45, 2.75) is 26.7 Å². The lowest BCUT2D eigenvalue weighted by atomic mass is 10.0. The van der Waals surface area contributed by atoms with Gasteiger partial charge in [0.15, 0.2) is 0 Å². The predicted molar refractivity (Wildman–Crippen MR) is 171 cm³/mol. The molecule has 0 unspecified atom stereocenters. The summed E-state index contributed by atoms with van der Waals surface area (Å²) in [5, 5.41) is 0. The molecule has 42 heavy (non-hydrogen) atoms. The zero-order valence-corrected chi connectivity index (χ0v) is 23.4. The summed E-state index contributed by atoms with van der Waals surface area (Å²) in [5.41, 5.74) is 12.2. The molecule has 0 fully saturated rings. The summed E-state index contributed by atoms with van der Waals surface area (Å²) < 4.78 is 0. The van der Waals surface area contributed by atoms with Crippen molar-refractivity contribution in [3.63, 3.8) is 0 Å². The number of aromatic nitrogens is 4. The van der Waals surface area contributed by atoms with E-state index in [0.29, 0.717) is 34.9 Å². The molecule has 0 spiro atoms. The Morgan fingerprint density at radius 3 is 1.05 bits per heavy atom. The molecule has 7 rings (SSSR count). The van der Waals surface area contributed by atoms with E-state index in [4.69, 9.17) is 19.9 Å². The Balaban J connectivity index is 1.49. The molecule has 0 radical (unpaired) electrons. The van der Waals surface area contributed by atoms with Gasteiger partial charge < -0.3 is 0 Å². The number of aryl methyl sites for hydroxylation is 2. The summed E-state index contributed by atoms with van der Waals surface area (Å²) >= 11 is 0. The third kappa shape index (κ3) is 4.92. The summed E-state index contributed by atoms with van der Waals surface area (Å²) in [7, 11) is 0. The van der Waals surface area contributed by atoms with Crippen molar-refractivity contribution in [2.75, 3.05) is 0 Å². The molecule has 0 saturated carbocycles. The van der Waals surface area contributed by atoms with Crippen molar-refractivity contribution >= 4 is 44.1 Å². The fourth-order valence-electron chi connectivity index (χ4n) is 5.04. The van der Waals surface area contributed by atoms with Gasteiger partial charge in [-0.1, -0.05) is 108 Å². The molecule has 0 N–H and O–H groups in total. The monoisotopic (exact) mass is 538 g/mol. The first kappa shape index (κ1) is 25.4. The maximum absolute atomic E-state index is 5.08. The third-order valence-electron chi connectivity index (χ3n) is 7.34. The largest absolute Gasteiger partial charge is 0.243 e. The van der Waals surface area contributed by atoms with Crippen LogP contribution in [0.15, 0.2) is 97.1 Å². The quantitative estimate of drug-likeness (QED) is 0.167. The van der Waals surface area contributed by atoms with E-state index >= 15 is 0 Å². The molecule has 4 nitrogen and oxygen atoms in total. The molecule has 0 aliphatic heterocycles. The lowest BCUT2D eigenvalue weighted by molar-refractivity contribution is 1.29. The van der Waals surface area contributed by atoms with Gasteiger partial charge in [0.25, 0.3) is 0 Å². The molecular formula is C38H26N4. The Bertz CT molecular complexity index is 2000. The van der Waals surface area contributed by atoms with E-state index in [1.807, 2.05) is 48.5 Å². The van der Waals surface area contributed by atoms with E-state index in [1.165, 1.54) is 11.1 Å². The molecule has 0 bridgehead atoms. The fraction of sp³-hybridized carbons (Fsp3) is 0.105. The minimum absolute atomic E-state index is 0.614. The van der Waals surface area contributed by atoms with E-state index in [2.05, 4.69) is 86.1 Å². The highest BCUT2D eigenvalue weighted by Crippen LogP contribution is 2.31. The number of rotatable bonds is 2. The summed E-state index contributed by atoms with van der Waals surface area (Å²) in [6.07, 6.45) is 1.23. The summed E-state index contributed by atoms with van der Waals surface area (Å²) in [4.78, 5) is 20.3. The first-order valence-electron chi connectivity index (χ1n) is 14.0. The smallest absolute Gasteiger partial charge is 0.109 e. The third-order valence-corrected chi connectivity index (χ3v) is 7.34. The van der Waals surface area contributed by atoms with E-state index in [0.717, 1.165) is 44.3 Å². The van der Waals surface area contributed by atoms with Crippen LogP contribution in [-0.2, 0) is 12.8 Å². The standard InChI is InChI=1S/C38H26N4/c1-25-17-21-27(22-18-25)9-7-11-29-35-37(41-33-15-5-3-13-31(33)39-35)30(12-8-10-28-23-19-26(2)20-24-28)38-36(29)40-32-14-4-6-16-34(32)42-38/h3-6,13-24H,9-10H2,1-2H3. The van der Waals surface area contributed by atoms with Crippen molar-refractivity contribution in [2.24, 2.45) is 0 Å². The van der Waals surface area contributed by atoms with Gasteiger partial charge in [-0.3, -0.25) is 0 Å². The van der Waals surface area contributed by atoms with Crippen molar-refractivity contribution in [3.8, 4) is 23.7 Å². The van der Waals surface area contributed by atoms with E-state index in [-0.39, 0.29) is 0 Å². The second-order valence-corrected chi connectivity index (χ2v) is 10.5. The van der Waals surface area contributed by atoms with Crippen LogP contribution >= 0.6 is 0 Å². The van der Waals surface area contributed by atoms with E-state index in [1.54, 1.807) is 0 Å². The van der Waals surface area contributed by atoms with Crippen LogP contribution in [0.5, 0.6) is 0 Å². The summed E-state index contributed by atoms with van der Waals surface area (Å²) in [6.45, 7) is 4.18. The van der Waals surface area contributed by atoms with Gasteiger partial charge in [-0.2, -0.15) is 0 Å².